The van der Waals surface area contributed by atoms with Gasteiger partial charge in [-0.3, -0.25) is 0 Å². The van der Waals surface area contributed by atoms with Crippen molar-refractivity contribution in [1.82, 2.24) is 5.32 Å². The summed E-state index contributed by atoms with van der Waals surface area (Å²) in [6.07, 6.45) is 6.25. The fourth-order valence-electron chi connectivity index (χ4n) is 2.37. The molecule has 0 heterocycles. The van der Waals surface area contributed by atoms with Crippen LogP contribution in [-0.2, 0) is 9.84 Å². The van der Waals surface area contributed by atoms with Crippen LogP contribution < -0.4 is 5.32 Å². The van der Waals surface area contributed by atoms with Gasteiger partial charge in [-0.15, -0.1) is 0 Å². The number of hydrogen-bond donors (Lipinski definition) is 1. The van der Waals surface area contributed by atoms with Crippen molar-refractivity contribution < 1.29 is 8.42 Å². The van der Waals surface area contributed by atoms with Crippen LogP contribution in [0, 0.1) is 5.41 Å². The number of hydrogen-bond acceptors (Lipinski definition) is 3. The third kappa shape index (κ3) is 3.68. The van der Waals surface area contributed by atoms with Gasteiger partial charge in [-0.2, -0.15) is 0 Å². The maximum atomic E-state index is 11.6. The summed E-state index contributed by atoms with van der Waals surface area (Å²) in [5.41, 5.74) is 0.284. The topological polar surface area (TPSA) is 46.2 Å². The molecular formula is C13H27NO2S. The van der Waals surface area contributed by atoms with Gasteiger partial charge < -0.3 is 5.32 Å². The van der Waals surface area contributed by atoms with Gasteiger partial charge in [0.15, 0.2) is 9.84 Å². The Morgan fingerprint density at radius 1 is 1.29 bits per heavy atom. The van der Waals surface area contributed by atoms with Crippen LogP contribution >= 0.6 is 0 Å². The van der Waals surface area contributed by atoms with Crippen LogP contribution in [0.2, 0.25) is 0 Å². The molecule has 1 unspecified atom stereocenters. The molecule has 1 aliphatic carbocycles. The molecular weight excluding hydrogens is 234 g/mol. The summed E-state index contributed by atoms with van der Waals surface area (Å²) in [5, 5.41) is 3.48. The van der Waals surface area contributed by atoms with Crippen molar-refractivity contribution in [2.45, 2.75) is 64.2 Å². The molecule has 17 heavy (non-hydrogen) atoms. The van der Waals surface area contributed by atoms with E-state index in [1.807, 2.05) is 0 Å². The molecule has 1 atom stereocenters. The van der Waals surface area contributed by atoms with Gasteiger partial charge in [-0.25, -0.2) is 8.42 Å². The summed E-state index contributed by atoms with van der Waals surface area (Å²) in [6.45, 7) is 8.69. The maximum absolute atomic E-state index is 11.6. The third-order valence-electron chi connectivity index (χ3n) is 4.29. The predicted octanol–water partition coefficient (Wildman–Crippen LogP) is 2.37. The molecule has 0 aromatic rings. The highest BCUT2D eigenvalue weighted by molar-refractivity contribution is 7.92. The minimum absolute atomic E-state index is 0.284. The zero-order chi connectivity index (χ0) is 13.3. The van der Waals surface area contributed by atoms with Gasteiger partial charge in [-0.05, 0) is 32.1 Å². The van der Waals surface area contributed by atoms with E-state index in [-0.39, 0.29) is 5.41 Å². The Labute approximate surface area is 106 Å². The lowest BCUT2D eigenvalue weighted by atomic mass is 9.73. The highest BCUT2D eigenvalue weighted by atomic mass is 32.2. The Kier molecular flexibility index (Phi) is 4.30. The Hall–Kier alpha value is -0.0900. The first-order valence-corrected chi connectivity index (χ1v) is 8.38. The molecule has 3 nitrogen and oxygen atoms in total. The van der Waals surface area contributed by atoms with Crippen molar-refractivity contribution in [2.24, 2.45) is 5.41 Å². The molecule has 1 aliphatic rings. The van der Waals surface area contributed by atoms with E-state index in [2.05, 4.69) is 19.2 Å². The fourth-order valence-corrected chi connectivity index (χ4v) is 2.72. The van der Waals surface area contributed by atoms with Crippen LogP contribution in [-0.4, -0.2) is 32.0 Å². The Morgan fingerprint density at radius 3 is 2.35 bits per heavy atom. The SMILES string of the molecule is CC1(C)CCCCC1NCC(C)(C)S(C)(=O)=O. The van der Waals surface area contributed by atoms with Gasteiger partial charge >= 0.3 is 0 Å². The second-order valence-corrected chi connectivity index (χ2v) is 9.35. The van der Waals surface area contributed by atoms with Gasteiger partial charge in [0, 0.05) is 18.8 Å². The molecule has 1 fully saturated rings. The molecule has 102 valence electrons. The quantitative estimate of drug-likeness (QED) is 0.845. The lowest BCUT2D eigenvalue weighted by Crippen LogP contribution is -2.51. The first-order chi connectivity index (χ1) is 7.56. The Morgan fingerprint density at radius 2 is 1.88 bits per heavy atom. The third-order valence-corrected chi connectivity index (χ3v) is 6.44. The predicted molar refractivity (Wildman–Crippen MR) is 73.0 cm³/mol. The lowest BCUT2D eigenvalue weighted by Gasteiger charge is -2.40. The van der Waals surface area contributed by atoms with Gasteiger partial charge in [0.05, 0.1) is 4.75 Å². The van der Waals surface area contributed by atoms with Gasteiger partial charge in [-0.1, -0.05) is 26.7 Å². The Bertz CT molecular complexity index is 358. The minimum Gasteiger partial charge on any atom is -0.312 e. The average molecular weight is 261 g/mol. The second kappa shape index (κ2) is 4.88. The minimum atomic E-state index is -3.00. The number of rotatable bonds is 4. The molecule has 0 spiro atoms. The molecule has 0 radical (unpaired) electrons. The molecule has 1 saturated carbocycles. The first-order valence-electron chi connectivity index (χ1n) is 6.49. The van der Waals surface area contributed by atoms with E-state index in [0.29, 0.717) is 12.6 Å². The highest BCUT2D eigenvalue weighted by Gasteiger charge is 2.35. The van der Waals surface area contributed by atoms with Crippen LogP contribution in [0.3, 0.4) is 0 Å². The summed E-state index contributed by atoms with van der Waals surface area (Å²) < 4.78 is 22.6. The smallest absolute Gasteiger partial charge is 0.153 e. The highest BCUT2D eigenvalue weighted by Crippen LogP contribution is 2.35. The molecule has 0 aliphatic heterocycles. The number of sulfone groups is 1. The second-order valence-electron chi connectivity index (χ2n) is 6.70. The lowest BCUT2D eigenvalue weighted by molar-refractivity contribution is 0.165. The molecule has 0 bridgehead atoms. The molecule has 0 aromatic carbocycles. The standard InChI is InChI=1S/C13H27NO2S/c1-12(2)9-7-6-8-11(12)14-10-13(3,4)17(5,15)16/h11,14H,6-10H2,1-5H3. The monoisotopic (exact) mass is 261 g/mol. The van der Waals surface area contributed by atoms with E-state index < -0.39 is 14.6 Å². The van der Waals surface area contributed by atoms with Crippen molar-refractivity contribution in [3.63, 3.8) is 0 Å². The Balaban J connectivity index is 2.62. The summed E-state index contributed by atoms with van der Waals surface area (Å²) in [6, 6.07) is 0.442. The van der Waals surface area contributed by atoms with E-state index in [1.165, 1.54) is 25.5 Å². The number of nitrogens with one attached hydrogen (secondary N) is 1. The van der Waals surface area contributed by atoms with Crippen LogP contribution in [0.4, 0.5) is 0 Å². The zero-order valence-electron chi connectivity index (χ0n) is 11.8. The molecule has 0 aromatic heterocycles. The van der Waals surface area contributed by atoms with Crippen LogP contribution in [0.5, 0.6) is 0 Å². The van der Waals surface area contributed by atoms with Gasteiger partial charge in [0.2, 0.25) is 0 Å². The van der Waals surface area contributed by atoms with E-state index in [1.54, 1.807) is 13.8 Å². The molecule has 4 heteroatoms. The summed E-state index contributed by atoms with van der Waals surface area (Å²) in [5.74, 6) is 0. The average Bonchev–Trinajstić information content (AvgIpc) is 2.13. The van der Waals surface area contributed by atoms with Crippen molar-refractivity contribution in [2.75, 3.05) is 12.8 Å². The first kappa shape index (κ1) is 15.0. The van der Waals surface area contributed by atoms with Crippen molar-refractivity contribution >= 4 is 9.84 Å². The van der Waals surface area contributed by atoms with E-state index in [0.717, 1.165) is 6.42 Å². The molecule has 0 amide bonds. The van der Waals surface area contributed by atoms with Crippen molar-refractivity contribution in [3.05, 3.63) is 0 Å². The van der Waals surface area contributed by atoms with E-state index in [4.69, 9.17) is 0 Å². The maximum Gasteiger partial charge on any atom is 0.153 e. The largest absolute Gasteiger partial charge is 0.312 e. The van der Waals surface area contributed by atoms with Crippen LogP contribution in [0.15, 0.2) is 0 Å². The molecule has 1 N–H and O–H groups in total. The summed E-state index contributed by atoms with van der Waals surface area (Å²) in [4.78, 5) is 0. The van der Waals surface area contributed by atoms with E-state index in [9.17, 15) is 8.42 Å². The normalized spacial score (nSPS) is 25.8. The van der Waals surface area contributed by atoms with E-state index >= 15 is 0 Å². The van der Waals surface area contributed by atoms with Crippen LogP contribution in [0.1, 0.15) is 53.4 Å². The van der Waals surface area contributed by atoms with Crippen molar-refractivity contribution in [1.29, 1.82) is 0 Å². The summed E-state index contributed by atoms with van der Waals surface area (Å²) >= 11 is 0. The zero-order valence-corrected chi connectivity index (χ0v) is 12.7. The van der Waals surface area contributed by atoms with Crippen molar-refractivity contribution in [3.8, 4) is 0 Å². The molecule has 1 rings (SSSR count). The fraction of sp³-hybridized carbons (Fsp3) is 1.00. The van der Waals surface area contributed by atoms with Gasteiger partial charge in [0.25, 0.3) is 0 Å². The molecule has 0 saturated heterocycles. The van der Waals surface area contributed by atoms with Gasteiger partial charge in [0.1, 0.15) is 0 Å². The van der Waals surface area contributed by atoms with Crippen LogP contribution in [0.25, 0.3) is 0 Å². The summed E-state index contributed by atoms with van der Waals surface area (Å²) in [7, 11) is -3.00.